The first-order chi connectivity index (χ1) is 9.30. The van der Waals surface area contributed by atoms with Crippen molar-refractivity contribution >= 4 is 28.7 Å². The quantitative estimate of drug-likeness (QED) is 0.884. The minimum atomic E-state index is -0.265. The number of aryl methyl sites for hydroxylation is 1. The van der Waals surface area contributed by atoms with Crippen LogP contribution in [0.1, 0.15) is 32.2 Å². The van der Waals surface area contributed by atoms with Gasteiger partial charge in [-0.3, -0.25) is 4.79 Å². The van der Waals surface area contributed by atoms with Crippen LogP contribution in [0.25, 0.3) is 11.2 Å². The Morgan fingerprint density at radius 1 is 1.45 bits per heavy atom. The lowest BCUT2D eigenvalue weighted by Gasteiger charge is -2.21. The molecule has 0 radical (unpaired) electrons. The van der Waals surface area contributed by atoms with Crippen molar-refractivity contribution in [3.63, 3.8) is 0 Å². The average Bonchev–Trinajstić information content (AvgIpc) is 2.64. The van der Waals surface area contributed by atoms with Crippen molar-refractivity contribution in [3.8, 4) is 0 Å². The average molecular weight is 295 g/mol. The molecule has 2 aromatic heterocycles. The number of pyridine rings is 1. The molecular formula is C14H19ClN4O. The maximum Gasteiger partial charge on any atom is 0.240 e. The minimum Gasteiger partial charge on any atom is -0.350 e. The lowest BCUT2D eigenvalue weighted by atomic mass is 10.1. The molecule has 2 aromatic rings. The molecule has 108 valence electrons. The van der Waals surface area contributed by atoms with Crippen molar-refractivity contribution in [1.82, 2.24) is 19.9 Å². The van der Waals surface area contributed by atoms with Gasteiger partial charge < -0.3 is 9.88 Å². The van der Waals surface area contributed by atoms with Crippen LogP contribution in [-0.2, 0) is 17.2 Å². The van der Waals surface area contributed by atoms with E-state index in [-0.39, 0.29) is 23.9 Å². The van der Waals surface area contributed by atoms with E-state index in [0.29, 0.717) is 11.5 Å². The molecule has 2 rings (SSSR count). The molecule has 6 heteroatoms. The van der Waals surface area contributed by atoms with Gasteiger partial charge in [0, 0.05) is 11.7 Å². The van der Waals surface area contributed by atoms with Crippen molar-refractivity contribution in [2.45, 2.75) is 45.7 Å². The van der Waals surface area contributed by atoms with Crippen molar-refractivity contribution in [1.29, 1.82) is 0 Å². The molecule has 0 bridgehead atoms. The van der Waals surface area contributed by atoms with Gasteiger partial charge >= 0.3 is 0 Å². The van der Waals surface area contributed by atoms with Gasteiger partial charge in [0.2, 0.25) is 5.91 Å². The van der Waals surface area contributed by atoms with E-state index in [1.54, 1.807) is 10.8 Å². The Hall–Kier alpha value is -1.62. The summed E-state index contributed by atoms with van der Waals surface area (Å²) >= 11 is 5.92. The molecule has 1 amide bonds. The second-order valence-electron chi connectivity index (χ2n) is 5.90. The van der Waals surface area contributed by atoms with Crippen molar-refractivity contribution in [2.75, 3.05) is 0 Å². The van der Waals surface area contributed by atoms with Crippen LogP contribution in [0.2, 0.25) is 0 Å². The lowest BCUT2D eigenvalue weighted by molar-refractivity contribution is -0.123. The Labute approximate surface area is 123 Å². The predicted molar refractivity (Wildman–Crippen MR) is 79.7 cm³/mol. The molecule has 0 aliphatic rings. The van der Waals surface area contributed by atoms with Gasteiger partial charge in [0.05, 0.1) is 5.88 Å². The van der Waals surface area contributed by atoms with Crippen LogP contribution in [0.3, 0.4) is 0 Å². The molecule has 0 aliphatic heterocycles. The Morgan fingerprint density at radius 3 is 2.75 bits per heavy atom. The zero-order valence-corrected chi connectivity index (χ0v) is 13.0. The van der Waals surface area contributed by atoms with E-state index in [4.69, 9.17) is 11.6 Å². The zero-order valence-electron chi connectivity index (χ0n) is 12.2. The van der Waals surface area contributed by atoms with E-state index in [1.807, 2.05) is 33.8 Å². The highest BCUT2D eigenvalue weighted by Gasteiger charge is 2.18. The van der Waals surface area contributed by atoms with Crippen molar-refractivity contribution < 1.29 is 4.79 Å². The van der Waals surface area contributed by atoms with Gasteiger partial charge in [-0.05, 0) is 39.3 Å². The van der Waals surface area contributed by atoms with Crippen LogP contribution < -0.4 is 5.32 Å². The number of fused-ring (bicyclic) bond motifs is 1. The van der Waals surface area contributed by atoms with E-state index in [9.17, 15) is 4.79 Å². The van der Waals surface area contributed by atoms with Crippen LogP contribution >= 0.6 is 11.6 Å². The predicted octanol–water partition coefficient (Wildman–Crippen LogP) is 2.39. The number of amides is 1. The highest BCUT2D eigenvalue weighted by atomic mass is 35.5. The van der Waals surface area contributed by atoms with E-state index in [2.05, 4.69) is 15.3 Å². The summed E-state index contributed by atoms with van der Waals surface area (Å²) in [5, 5.41) is 2.93. The number of nitrogens with one attached hydrogen (secondary N) is 1. The summed E-state index contributed by atoms with van der Waals surface area (Å²) in [6.45, 7) is 7.97. The first kappa shape index (κ1) is 14.8. The normalized spacial score (nSPS) is 11.8. The molecule has 0 saturated heterocycles. The van der Waals surface area contributed by atoms with Crippen LogP contribution in [-0.4, -0.2) is 26.0 Å². The van der Waals surface area contributed by atoms with E-state index >= 15 is 0 Å². The van der Waals surface area contributed by atoms with Gasteiger partial charge in [-0.1, -0.05) is 0 Å². The summed E-state index contributed by atoms with van der Waals surface area (Å²) in [6.07, 6.45) is 1.76. The van der Waals surface area contributed by atoms with Gasteiger partial charge in [-0.15, -0.1) is 11.6 Å². The molecule has 0 spiro atoms. The molecule has 20 heavy (non-hydrogen) atoms. The Morgan fingerprint density at radius 2 is 2.15 bits per heavy atom. The van der Waals surface area contributed by atoms with Gasteiger partial charge in [0.25, 0.3) is 0 Å². The molecule has 0 fully saturated rings. The molecule has 0 aliphatic carbocycles. The fourth-order valence-electron chi connectivity index (χ4n) is 2.03. The first-order valence-electron chi connectivity index (χ1n) is 6.49. The minimum absolute atomic E-state index is 0.0782. The molecule has 5 nitrogen and oxygen atoms in total. The third kappa shape index (κ3) is 3.28. The number of aromatic nitrogens is 3. The summed E-state index contributed by atoms with van der Waals surface area (Å²) in [4.78, 5) is 20.9. The van der Waals surface area contributed by atoms with Crippen LogP contribution in [0, 0.1) is 6.92 Å². The molecule has 0 aromatic carbocycles. The van der Waals surface area contributed by atoms with E-state index < -0.39 is 0 Å². The maximum atomic E-state index is 12.1. The molecule has 0 atom stereocenters. The monoisotopic (exact) mass is 294 g/mol. The lowest BCUT2D eigenvalue weighted by Crippen LogP contribution is -2.42. The van der Waals surface area contributed by atoms with E-state index in [1.165, 1.54) is 0 Å². The van der Waals surface area contributed by atoms with Crippen LogP contribution in [0.15, 0.2) is 12.3 Å². The molecule has 0 saturated carbocycles. The fraction of sp³-hybridized carbons (Fsp3) is 0.500. The highest BCUT2D eigenvalue weighted by molar-refractivity contribution is 6.16. The van der Waals surface area contributed by atoms with Crippen LogP contribution in [0.4, 0.5) is 0 Å². The van der Waals surface area contributed by atoms with Gasteiger partial charge in [-0.2, -0.15) is 0 Å². The van der Waals surface area contributed by atoms with E-state index in [0.717, 1.165) is 11.1 Å². The number of carbonyl (C=O) groups is 1. The fourth-order valence-corrected chi connectivity index (χ4v) is 2.23. The maximum absolute atomic E-state index is 12.1. The van der Waals surface area contributed by atoms with Crippen LogP contribution in [0.5, 0.6) is 0 Å². The third-order valence-corrected chi connectivity index (χ3v) is 2.98. The summed E-state index contributed by atoms with van der Waals surface area (Å²) < 4.78 is 1.77. The standard InChI is InChI=1S/C14H19ClN4O/c1-9-5-10-13(16-7-9)19(11(6-15)17-10)8-12(20)18-14(2,3)4/h5,7H,6,8H2,1-4H3,(H,18,20). The topological polar surface area (TPSA) is 59.8 Å². The summed E-state index contributed by atoms with van der Waals surface area (Å²) in [5.41, 5.74) is 2.22. The second-order valence-corrected chi connectivity index (χ2v) is 6.17. The number of carbonyl (C=O) groups excluding carboxylic acids is 1. The van der Waals surface area contributed by atoms with Crippen molar-refractivity contribution in [2.24, 2.45) is 0 Å². The summed E-state index contributed by atoms with van der Waals surface area (Å²) in [6, 6.07) is 1.94. The Balaban J connectivity index is 2.35. The smallest absolute Gasteiger partial charge is 0.240 e. The Kier molecular flexibility index (Phi) is 3.99. The largest absolute Gasteiger partial charge is 0.350 e. The zero-order chi connectivity index (χ0) is 14.9. The SMILES string of the molecule is Cc1cnc2c(c1)nc(CCl)n2CC(=O)NC(C)(C)C. The number of nitrogens with zero attached hydrogens (tertiary/aromatic N) is 3. The second kappa shape index (κ2) is 5.40. The number of alkyl halides is 1. The van der Waals surface area contributed by atoms with Gasteiger partial charge in [-0.25, -0.2) is 9.97 Å². The molecule has 1 N–H and O–H groups in total. The molecular weight excluding hydrogens is 276 g/mol. The first-order valence-corrected chi connectivity index (χ1v) is 7.02. The number of halogens is 1. The Bertz CT molecular complexity index is 642. The third-order valence-electron chi connectivity index (χ3n) is 2.74. The number of hydrogen-bond donors (Lipinski definition) is 1. The summed E-state index contributed by atoms with van der Waals surface area (Å²) in [5.74, 6) is 0.826. The molecule has 2 heterocycles. The van der Waals surface area contributed by atoms with Gasteiger partial charge in [0.1, 0.15) is 17.9 Å². The van der Waals surface area contributed by atoms with Crippen molar-refractivity contribution in [3.05, 3.63) is 23.7 Å². The van der Waals surface area contributed by atoms with Gasteiger partial charge in [0.15, 0.2) is 5.65 Å². The number of rotatable bonds is 3. The number of hydrogen-bond acceptors (Lipinski definition) is 3. The summed E-state index contributed by atoms with van der Waals surface area (Å²) in [7, 11) is 0. The molecule has 0 unspecified atom stereocenters. The number of imidazole rings is 1. The highest BCUT2D eigenvalue weighted by Crippen LogP contribution is 2.16.